The average molecular weight is 363 g/mol. The van der Waals surface area contributed by atoms with Gasteiger partial charge in [0.15, 0.2) is 17.5 Å². The van der Waals surface area contributed by atoms with Crippen molar-refractivity contribution in [1.29, 1.82) is 0 Å². The fourth-order valence-corrected chi connectivity index (χ4v) is 1.52. The third kappa shape index (κ3) is 3.94. The lowest BCUT2D eigenvalue weighted by atomic mass is 10.2. The molecule has 0 radical (unpaired) electrons. The van der Waals surface area contributed by atoms with Crippen molar-refractivity contribution < 1.29 is 9.47 Å². The van der Waals surface area contributed by atoms with Crippen LogP contribution in [0.4, 0.5) is 0 Å². The van der Waals surface area contributed by atoms with Gasteiger partial charge in [0.2, 0.25) is 6.79 Å². The van der Waals surface area contributed by atoms with Gasteiger partial charge in [-0.1, -0.05) is 13.0 Å². The molecule has 1 heterocycles. The fourth-order valence-electron chi connectivity index (χ4n) is 1.52. The monoisotopic (exact) mass is 363 g/mol. The molecule has 5 nitrogen and oxygen atoms in total. The van der Waals surface area contributed by atoms with Gasteiger partial charge in [0.25, 0.3) is 0 Å². The van der Waals surface area contributed by atoms with Gasteiger partial charge in [-0.15, -0.1) is 24.0 Å². The Morgan fingerprint density at radius 2 is 2.17 bits per heavy atom. The normalized spacial score (nSPS) is 13.1. The van der Waals surface area contributed by atoms with E-state index in [1.807, 2.05) is 18.2 Å². The summed E-state index contributed by atoms with van der Waals surface area (Å²) in [7, 11) is 0. The molecule has 1 aliphatic rings. The van der Waals surface area contributed by atoms with Crippen molar-refractivity contribution in [1.82, 2.24) is 5.32 Å². The Balaban J connectivity index is 0.00000162. The molecule has 0 amide bonds. The zero-order chi connectivity index (χ0) is 12.1. The predicted molar refractivity (Wildman–Crippen MR) is 81.6 cm³/mol. The number of ether oxygens (including phenoxy) is 2. The number of guanidine groups is 1. The molecule has 100 valence electrons. The van der Waals surface area contributed by atoms with E-state index in [4.69, 9.17) is 15.2 Å². The molecule has 6 heteroatoms. The van der Waals surface area contributed by atoms with E-state index in [1.54, 1.807) is 0 Å². The van der Waals surface area contributed by atoms with Crippen LogP contribution in [0, 0.1) is 0 Å². The van der Waals surface area contributed by atoms with E-state index in [2.05, 4.69) is 17.2 Å². The van der Waals surface area contributed by atoms with Crippen LogP contribution in [0.15, 0.2) is 23.2 Å². The molecule has 2 rings (SSSR count). The van der Waals surface area contributed by atoms with Crippen molar-refractivity contribution in [2.75, 3.05) is 13.3 Å². The summed E-state index contributed by atoms with van der Waals surface area (Å²) in [5.74, 6) is 2.04. The van der Waals surface area contributed by atoms with E-state index in [1.165, 1.54) is 0 Å². The molecular formula is C12H18IN3O2. The maximum Gasteiger partial charge on any atom is 0.231 e. The number of benzene rings is 1. The van der Waals surface area contributed by atoms with Gasteiger partial charge in [0.05, 0.1) is 6.54 Å². The number of nitrogens with one attached hydrogen (secondary N) is 1. The topological polar surface area (TPSA) is 68.9 Å². The molecule has 0 aromatic heterocycles. The number of aliphatic imine (C=N–C) groups is 1. The van der Waals surface area contributed by atoms with E-state index in [-0.39, 0.29) is 24.0 Å². The second kappa shape index (κ2) is 7.30. The number of nitrogens with two attached hydrogens (primary N) is 1. The Labute approximate surface area is 124 Å². The van der Waals surface area contributed by atoms with Gasteiger partial charge in [-0.05, 0) is 24.1 Å². The smallest absolute Gasteiger partial charge is 0.231 e. The van der Waals surface area contributed by atoms with E-state index in [0.717, 1.165) is 30.0 Å². The standard InChI is InChI=1S/C12H17N3O2.HI/c1-2-5-14-12(13)15-7-9-3-4-10-11(6-9)17-8-16-10;/h3-4,6H,2,5,7-8H2,1H3,(H3,13,14,15);1H. The molecule has 0 saturated carbocycles. The van der Waals surface area contributed by atoms with Crippen molar-refractivity contribution in [3.05, 3.63) is 23.8 Å². The van der Waals surface area contributed by atoms with Crippen LogP contribution in [-0.2, 0) is 6.54 Å². The highest BCUT2D eigenvalue weighted by molar-refractivity contribution is 14.0. The highest BCUT2D eigenvalue weighted by Gasteiger charge is 2.12. The van der Waals surface area contributed by atoms with Gasteiger partial charge in [0, 0.05) is 6.54 Å². The number of nitrogens with zero attached hydrogens (tertiary/aromatic N) is 1. The van der Waals surface area contributed by atoms with Crippen molar-refractivity contribution in [3.8, 4) is 11.5 Å². The van der Waals surface area contributed by atoms with E-state index >= 15 is 0 Å². The molecule has 1 aromatic rings. The predicted octanol–water partition coefficient (Wildman–Crippen LogP) is 1.85. The van der Waals surface area contributed by atoms with Gasteiger partial charge < -0.3 is 20.5 Å². The highest BCUT2D eigenvalue weighted by Crippen LogP contribution is 2.32. The van der Waals surface area contributed by atoms with Crippen LogP contribution in [0.5, 0.6) is 11.5 Å². The van der Waals surface area contributed by atoms with Crippen molar-refractivity contribution in [3.63, 3.8) is 0 Å². The van der Waals surface area contributed by atoms with Gasteiger partial charge in [0.1, 0.15) is 0 Å². The van der Waals surface area contributed by atoms with Crippen LogP contribution >= 0.6 is 24.0 Å². The second-order valence-corrected chi connectivity index (χ2v) is 3.82. The third-order valence-electron chi connectivity index (χ3n) is 2.43. The SMILES string of the molecule is CCCNC(N)=NCc1ccc2c(c1)OCO2.I. The second-order valence-electron chi connectivity index (χ2n) is 3.82. The summed E-state index contributed by atoms with van der Waals surface area (Å²) < 4.78 is 10.5. The Hall–Kier alpha value is -1.18. The minimum atomic E-state index is 0. The third-order valence-corrected chi connectivity index (χ3v) is 2.43. The number of rotatable bonds is 4. The molecule has 0 unspecified atom stereocenters. The Morgan fingerprint density at radius 3 is 2.94 bits per heavy atom. The largest absolute Gasteiger partial charge is 0.454 e. The number of hydrogen-bond donors (Lipinski definition) is 2. The lowest BCUT2D eigenvalue weighted by Crippen LogP contribution is -2.32. The van der Waals surface area contributed by atoms with Gasteiger partial charge >= 0.3 is 0 Å². The summed E-state index contributed by atoms with van der Waals surface area (Å²) >= 11 is 0. The number of hydrogen-bond acceptors (Lipinski definition) is 3. The lowest BCUT2D eigenvalue weighted by Gasteiger charge is -2.04. The minimum Gasteiger partial charge on any atom is -0.454 e. The zero-order valence-electron chi connectivity index (χ0n) is 10.3. The molecule has 0 spiro atoms. The van der Waals surface area contributed by atoms with Crippen LogP contribution in [0.2, 0.25) is 0 Å². The van der Waals surface area contributed by atoms with Gasteiger partial charge in [-0.2, -0.15) is 0 Å². The lowest BCUT2D eigenvalue weighted by molar-refractivity contribution is 0.174. The van der Waals surface area contributed by atoms with E-state index in [0.29, 0.717) is 19.3 Å². The van der Waals surface area contributed by atoms with Crippen LogP contribution in [0.3, 0.4) is 0 Å². The Kier molecular flexibility index (Phi) is 6.03. The first-order valence-electron chi connectivity index (χ1n) is 5.72. The minimum absolute atomic E-state index is 0. The van der Waals surface area contributed by atoms with Gasteiger partial charge in [-0.3, -0.25) is 0 Å². The molecular weight excluding hydrogens is 345 g/mol. The highest BCUT2D eigenvalue weighted by atomic mass is 127. The van der Waals surface area contributed by atoms with E-state index < -0.39 is 0 Å². The maximum atomic E-state index is 5.70. The summed E-state index contributed by atoms with van der Waals surface area (Å²) in [5.41, 5.74) is 6.75. The van der Waals surface area contributed by atoms with Crippen LogP contribution in [0.25, 0.3) is 0 Å². The molecule has 18 heavy (non-hydrogen) atoms. The first-order chi connectivity index (χ1) is 8.29. The molecule has 1 aromatic carbocycles. The number of halogens is 1. The Morgan fingerprint density at radius 1 is 1.39 bits per heavy atom. The molecule has 0 atom stereocenters. The molecule has 0 saturated heterocycles. The van der Waals surface area contributed by atoms with Crippen LogP contribution in [0.1, 0.15) is 18.9 Å². The first-order valence-corrected chi connectivity index (χ1v) is 5.72. The quantitative estimate of drug-likeness (QED) is 0.487. The molecule has 1 aliphatic heterocycles. The summed E-state index contributed by atoms with van der Waals surface area (Å²) in [6, 6.07) is 5.78. The average Bonchev–Trinajstić information content (AvgIpc) is 2.81. The Bertz CT molecular complexity index is 424. The summed E-state index contributed by atoms with van der Waals surface area (Å²) in [5, 5.41) is 3.03. The molecule has 3 N–H and O–H groups in total. The van der Waals surface area contributed by atoms with Crippen LogP contribution < -0.4 is 20.5 Å². The van der Waals surface area contributed by atoms with Crippen molar-refractivity contribution in [2.24, 2.45) is 10.7 Å². The van der Waals surface area contributed by atoms with E-state index in [9.17, 15) is 0 Å². The molecule has 0 bridgehead atoms. The fraction of sp³-hybridized carbons (Fsp3) is 0.417. The number of fused-ring (bicyclic) bond motifs is 1. The summed E-state index contributed by atoms with van der Waals surface area (Å²) in [6.07, 6.45) is 1.03. The summed E-state index contributed by atoms with van der Waals surface area (Å²) in [4.78, 5) is 4.24. The van der Waals surface area contributed by atoms with Crippen molar-refractivity contribution >= 4 is 29.9 Å². The maximum absolute atomic E-state index is 5.70. The molecule has 0 fully saturated rings. The van der Waals surface area contributed by atoms with Gasteiger partial charge in [-0.25, -0.2) is 4.99 Å². The first kappa shape index (κ1) is 14.9. The van der Waals surface area contributed by atoms with Crippen molar-refractivity contribution in [2.45, 2.75) is 19.9 Å². The zero-order valence-corrected chi connectivity index (χ0v) is 12.6. The molecule has 0 aliphatic carbocycles. The van der Waals surface area contributed by atoms with Crippen LogP contribution in [-0.4, -0.2) is 19.3 Å². The summed E-state index contributed by atoms with van der Waals surface area (Å²) in [6.45, 7) is 3.76.